The summed E-state index contributed by atoms with van der Waals surface area (Å²) in [7, 11) is 1.48. The van der Waals surface area contributed by atoms with Crippen molar-refractivity contribution < 1.29 is 32.4 Å². The van der Waals surface area contributed by atoms with E-state index in [9.17, 15) is 18.9 Å². The predicted octanol–water partition coefficient (Wildman–Crippen LogP) is 0.705. The average molecular weight is 763 g/mol. The van der Waals surface area contributed by atoms with E-state index in [0.29, 0.717) is 10.7 Å². The van der Waals surface area contributed by atoms with Gasteiger partial charge in [0.1, 0.15) is 6.26 Å². The molecule has 2 atom stereocenters. The first kappa shape index (κ1) is 24.8. The number of carbonyl (C=O) groups excluding carboxylic acids is 2. The average Bonchev–Trinajstić information content (AvgIpc) is 3.09. The van der Waals surface area contributed by atoms with Gasteiger partial charge in [0, 0.05) is 17.2 Å². The Morgan fingerprint density at radius 1 is 1.28 bits per heavy atom. The standard InChI is InChI=1S/C15H16I3N3O7S/c1-21(3-6(23)4-22)15(25)9-10(16)8(11(17)13(19)12(9)18)14(24)20-2-7-5-27-29(26)28-7/h5-6,22-23H,2-4,19H2,1H3,(H,20,24). The van der Waals surface area contributed by atoms with E-state index in [1.54, 1.807) is 0 Å². The maximum absolute atomic E-state index is 12.9. The fourth-order valence-corrected chi connectivity index (χ4v) is 6.88. The number of nitrogen functional groups attached to an aromatic ring is 1. The van der Waals surface area contributed by atoms with Crippen molar-refractivity contribution in [2.45, 2.75) is 6.10 Å². The third-order valence-corrected chi connectivity index (χ3v) is 7.61. The molecule has 0 bridgehead atoms. The van der Waals surface area contributed by atoms with Gasteiger partial charge in [-0.3, -0.25) is 9.59 Å². The van der Waals surface area contributed by atoms with Crippen molar-refractivity contribution in [1.82, 2.24) is 10.2 Å². The molecule has 1 heterocycles. The monoisotopic (exact) mass is 763 g/mol. The fourth-order valence-electron chi connectivity index (χ4n) is 2.26. The van der Waals surface area contributed by atoms with Gasteiger partial charge < -0.3 is 34.5 Å². The summed E-state index contributed by atoms with van der Waals surface area (Å²) < 4.78 is 21.9. The highest BCUT2D eigenvalue weighted by Gasteiger charge is 2.29. The van der Waals surface area contributed by atoms with Crippen LogP contribution in [-0.4, -0.2) is 64.0 Å². The van der Waals surface area contributed by atoms with E-state index in [-0.39, 0.29) is 35.7 Å². The number of hydrogen-bond donors (Lipinski definition) is 4. The minimum Gasteiger partial charge on any atom is -0.397 e. The van der Waals surface area contributed by atoms with Gasteiger partial charge >= 0.3 is 11.4 Å². The number of aliphatic hydroxyl groups excluding tert-OH is 2. The van der Waals surface area contributed by atoms with E-state index >= 15 is 0 Å². The molecule has 0 fully saturated rings. The van der Waals surface area contributed by atoms with Crippen LogP contribution < -0.4 is 11.1 Å². The van der Waals surface area contributed by atoms with E-state index in [4.69, 9.17) is 15.0 Å². The van der Waals surface area contributed by atoms with E-state index in [0.717, 1.165) is 6.26 Å². The molecule has 29 heavy (non-hydrogen) atoms. The van der Waals surface area contributed by atoms with Gasteiger partial charge in [-0.05, 0) is 67.8 Å². The maximum Gasteiger partial charge on any atom is 0.417 e. The van der Waals surface area contributed by atoms with Crippen LogP contribution in [0.4, 0.5) is 5.69 Å². The van der Waals surface area contributed by atoms with Gasteiger partial charge in [-0.2, -0.15) is 4.21 Å². The van der Waals surface area contributed by atoms with Gasteiger partial charge in [-0.1, -0.05) is 0 Å². The second kappa shape index (κ2) is 10.7. The molecule has 0 saturated heterocycles. The molecular weight excluding hydrogens is 747 g/mol. The lowest BCUT2D eigenvalue weighted by Crippen LogP contribution is -2.37. The molecule has 0 aliphatic carbocycles. The molecule has 1 aliphatic heterocycles. The minimum atomic E-state index is -1.91. The number of nitrogens with two attached hydrogens (primary N) is 1. The van der Waals surface area contributed by atoms with Crippen LogP contribution in [0.3, 0.4) is 0 Å². The largest absolute Gasteiger partial charge is 0.417 e. The number of carbonyl (C=O) groups is 2. The van der Waals surface area contributed by atoms with Crippen LogP contribution in [-0.2, 0) is 19.7 Å². The van der Waals surface area contributed by atoms with Crippen molar-refractivity contribution in [3.05, 3.63) is 33.9 Å². The number of amides is 2. The zero-order valence-corrected chi connectivity index (χ0v) is 22.1. The summed E-state index contributed by atoms with van der Waals surface area (Å²) in [6.45, 7) is -0.632. The number of rotatable bonds is 7. The Bertz CT molecular complexity index is 897. The Morgan fingerprint density at radius 3 is 2.45 bits per heavy atom. The Labute approximate surface area is 209 Å². The first-order valence-electron chi connectivity index (χ1n) is 7.83. The van der Waals surface area contributed by atoms with E-state index in [1.807, 2.05) is 67.8 Å². The van der Waals surface area contributed by atoms with Gasteiger partial charge in [-0.15, -0.1) is 0 Å². The second-order valence-corrected chi connectivity index (χ2v) is 9.78. The third kappa shape index (κ3) is 5.83. The molecule has 0 aromatic heterocycles. The Hall–Kier alpha value is -0.440. The number of anilines is 1. The molecule has 160 valence electrons. The van der Waals surface area contributed by atoms with Crippen molar-refractivity contribution in [2.24, 2.45) is 0 Å². The van der Waals surface area contributed by atoms with Crippen LogP contribution in [0.5, 0.6) is 0 Å². The van der Waals surface area contributed by atoms with Gasteiger partial charge in [0.2, 0.25) is 0 Å². The van der Waals surface area contributed by atoms with Gasteiger partial charge in [0.25, 0.3) is 11.8 Å². The Balaban J connectivity index is 2.34. The molecular formula is C15H16I3N3O7S. The summed E-state index contributed by atoms with van der Waals surface area (Å²) in [6, 6.07) is 0. The molecule has 0 spiro atoms. The lowest BCUT2D eigenvalue weighted by molar-refractivity contribution is 0.0519. The number of likely N-dealkylation sites (N-methyl/N-ethyl adjacent to an activating group) is 1. The topological polar surface area (TPSA) is 151 Å². The SMILES string of the molecule is CN(CC(O)CO)C(=O)c1c(I)c(N)c(I)c(C(=O)NCC2=COS(=O)O2)c1I. The van der Waals surface area contributed by atoms with Gasteiger partial charge in [0.05, 0.1) is 43.2 Å². The molecule has 2 unspecified atom stereocenters. The lowest BCUT2D eigenvalue weighted by Gasteiger charge is -2.23. The molecule has 0 radical (unpaired) electrons. The summed E-state index contributed by atoms with van der Waals surface area (Å²) in [5.74, 6) is -0.764. The zero-order chi connectivity index (χ0) is 21.9. The predicted molar refractivity (Wildman–Crippen MR) is 130 cm³/mol. The van der Waals surface area contributed by atoms with E-state index in [2.05, 4.69) is 9.50 Å². The van der Waals surface area contributed by atoms with Crippen molar-refractivity contribution in [2.75, 3.05) is 32.5 Å². The molecule has 14 heteroatoms. The first-order valence-corrected chi connectivity index (χ1v) is 12.1. The number of halogens is 3. The summed E-state index contributed by atoms with van der Waals surface area (Å²) in [5, 5.41) is 21.2. The van der Waals surface area contributed by atoms with Crippen molar-refractivity contribution in [3.8, 4) is 0 Å². The lowest BCUT2D eigenvalue weighted by atomic mass is 10.1. The number of hydrogen-bond acceptors (Lipinski definition) is 8. The molecule has 5 N–H and O–H groups in total. The van der Waals surface area contributed by atoms with Gasteiger partial charge in [0.15, 0.2) is 5.76 Å². The Morgan fingerprint density at radius 2 is 1.90 bits per heavy atom. The molecule has 0 saturated carbocycles. The van der Waals surface area contributed by atoms with Crippen molar-refractivity contribution >= 4 is 96.6 Å². The summed E-state index contributed by atoms with van der Waals surface area (Å²) in [6.07, 6.45) is 0.0565. The molecule has 1 aliphatic rings. The maximum atomic E-state index is 12.9. The van der Waals surface area contributed by atoms with Gasteiger partial charge in [-0.25, -0.2) is 0 Å². The van der Waals surface area contributed by atoms with Crippen LogP contribution in [0, 0.1) is 10.7 Å². The fraction of sp³-hybridized carbons (Fsp3) is 0.333. The summed E-state index contributed by atoms with van der Waals surface area (Å²) >= 11 is 3.87. The normalized spacial score (nSPS) is 16.5. The third-order valence-electron chi connectivity index (χ3n) is 3.69. The van der Waals surface area contributed by atoms with Crippen LogP contribution in [0.25, 0.3) is 0 Å². The Kier molecular flexibility index (Phi) is 9.19. The number of benzene rings is 1. The molecule has 2 rings (SSSR count). The number of aliphatic hydroxyl groups is 2. The zero-order valence-electron chi connectivity index (χ0n) is 14.8. The minimum absolute atomic E-state index is 0.0610. The highest BCUT2D eigenvalue weighted by Crippen LogP contribution is 2.34. The molecule has 10 nitrogen and oxygen atoms in total. The molecule has 1 aromatic carbocycles. The van der Waals surface area contributed by atoms with E-state index < -0.39 is 35.9 Å². The second-order valence-electron chi connectivity index (χ2n) is 5.78. The first-order chi connectivity index (χ1) is 13.6. The van der Waals surface area contributed by atoms with Crippen LogP contribution in [0.15, 0.2) is 12.0 Å². The molecule has 1 aromatic rings. The van der Waals surface area contributed by atoms with Crippen molar-refractivity contribution in [1.29, 1.82) is 0 Å². The quantitative estimate of drug-likeness (QED) is 0.235. The van der Waals surface area contributed by atoms with Crippen LogP contribution in [0.1, 0.15) is 20.7 Å². The number of nitrogens with zero attached hydrogens (tertiary/aromatic N) is 1. The summed E-state index contributed by atoms with van der Waals surface area (Å²) in [5.41, 5.74) is 6.85. The van der Waals surface area contributed by atoms with Crippen LogP contribution in [0.2, 0.25) is 0 Å². The smallest absolute Gasteiger partial charge is 0.397 e. The van der Waals surface area contributed by atoms with Crippen LogP contribution >= 0.6 is 67.8 Å². The highest BCUT2D eigenvalue weighted by molar-refractivity contribution is 14.1. The summed E-state index contributed by atoms with van der Waals surface area (Å²) in [4.78, 5) is 27.0. The molecule has 2 amide bonds. The highest BCUT2D eigenvalue weighted by atomic mass is 127. The number of nitrogens with one attached hydrogen (secondary N) is 1. The van der Waals surface area contributed by atoms with E-state index in [1.165, 1.54) is 11.9 Å². The van der Waals surface area contributed by atoms with Crippen molar-refractivity contribution in [3.63, 3.8) is 0 Å².